The van der Waals surface area contributed by atoms with Crippen molar-refractivity contribution in [3.05, 3.63) is 60.8 Å². The Labute approximate surface area is 305 Å². The molecule has 0 aromatic carbocycles. The Morgan fingerprint density at radius 1 is 0.510 bits per heavy atom. The Kier molecular flexibility index (Phi) is 40.6. The average molecular weight is 685 g/mol. The molecule has 0 spiro atoms. The molecule has 1 atom stereocenters. The largest absolute Gasteiger partial charge is 0.457 e. The van der Waals surface area contributed by atoms with Gasteiger partial charge in [0.1, 0.15) is 6.10 Å². The van der Waals surface area contributed by atoms with Crippen LogP contribution < -0.4 is 0 Å². The van der Waals surface area contributed by atoms with Crippen molar-refractivity contribution < 1.29 is 19.4 Å². The highest BCUT2D eigenvalue weighted by Gasteiger charge is 2.13. The molecule has 0 amide bonds. The normalized spacial score (nSPS) is 13.0. The van der Waals surface area contributed by atoms with Crippen LogP contribution in [-0.2, 0) is 14.3 Å². The molecule has 0 aliphatic rings. The predicted molar refractivity (Wildman–Crippen MR) is 214 cm³/mol. The fraction of sp³-hybridized carbons (Fsp3) is 0.756. The second-order valence-electron chi connectivity index (χ2n) is 13.7. The summed E-state index contributed by atoms with van der Waals surface area (Å²) in [6.45, 7) is 5.21. The van der Waals surface area contributed by atoms with E-state index in [1.165, 1.54) is 116 Å². The van der Waals surface area contributed by atoms with Gasteiger partial charge in [-0.3, -0.25) is 4.79 Å². The number of carbonyl (C=O) groups excluding carboxylic acids is 1. The zero-order valence-electron chi connectivity index (χ0n) is 32.4. The number of aliphatic hydroxyl groups excluding tert-OH is 1. The summed E-state index contributed by atoms with van der Waals surface area (Å²) in [6, 6.07) is 0. The summed E-state index contributed by atoms with van der Waals surface area (Å²) in [6.07, 6.45) is 55.6. The molecule has 0 heterocycles. The van der Waals surface area contributed by atoms with Gasteiger partial charge in [-0.05, 0) is 77.0 Å². The van der Waals surface area contributed by atoms with Crippen LogP contribution in [0.15, 0.2) is 60.8 Å². The van der Waals surface area contributed by atoms with Gasteiger partial charge in [-0.25, -0.2) is 0 Å². The van der Waals surface area contributed by atoms with Gasteiger partial charge in [0.15, 0.2) is 0 Å². The Hall–Kier alpha value is -1.91. The third kappa shape index (κ3) is 40.4. The lowest BCUT2D eigenvalue weighted by Crippen LogP contribution is -2.27. The van der Waals surface area contributed by atoms with E-state index in [0.717, 1.165) is 57.8 Å². The molecule has 0 saturated carbocycles. The van der Waals surface area contributed by atoms with Gasteiger partial charge in [0.2, 0.25) is 0 Å². The van der Waals surface area contributed by atoms with E-state index in [1.807, 2.05) is 0 Å². The topological polar surface area (TPSA) is 55.8 Å². The van der Waals surface area contributed by atoms with E-state index in [9.17, 15) is 9.90 Å². The van der Waals surface area contributed by atoms with Gasteiger partial charge >= 0.3 is 5.97 Å². The summed E-state index contributed by atoms with van der Waals surface area (Å²) in [5, 5.41) is 9.59. The molecule has 0 aliphatic heterocycles. The van der Waals surface area contributed by atoms with E-state index in [-0.39, 0.29) is 19.2 Å². The first-order valence-corrected chi connectivity index (χ1v) is 20.9. The monoisotopic (exact) mass is 685 g/mol. The van der Waals surface area contributed by atoms with Crippen molar-refractivity contribution in [2.24, 2.45) is 0 Å². The smallest absolute Gasteiger partial charge is 0.306 e. The molecule has 0 radical (unpaired) electrons. The Bertz CT molecular complexity index is 809. The lowest BCUT2D eigenvalue weighted by molar-refractivity contribution is -0.154. The number of unbranched alkanes of at least 4 members (excludes halogenated alkanes) is 20. The van der Waals surface area contributed by atoms with Crippen molar-refractivity contribution in [1.29, 1.82) is 0 Å². The minimum atomic E-state index is -0.545. The minimum absolute atomic E-state index is 0.181. The summed E-state index contributed by atoms with van der Waals surface area (Å²) in [5.41, 5.74) is 0. The molecule has 49 heavy (non-hydrogen) atoms. The molecule has 0 aromatic heterocycles. The first-order valence-electron chi connectivity index (χ1n) is 20.9. The predicted octanol–water partition coefficient (Wildman–Crippen LogP) is 13.7. The van der Waals surface area contributed by atoms with E-state index in [4.69, 9.17) is 9.47 Å². The van der Waals surface area contributed by atoms with Gasteiger partial charge in [-0.15, -0.1) is 0 Å². The van der Waals surface area contributed by atoms with Crippen LogP contribution in [0, 0.1) is 0 Å². The number of hydrogen-bond acceptors (Lipinski definition) is 4. The summed E-state index contributed by atoms with van der Waals surface area (Å²) in [5.74, 6) is -0.217. The quantitative estimate of drug-likeness (QED) is 0.0399. The Morgan fingerprint density at radius 2 is 0.918 bits per heavy atom. The maximum Gasteiger partial charge on any atom is 0.306 e. The van der Waals surface area contributed by atoms with E-state index < -0.39 is 6.10 Å². The molecule has 0 aliphatic carbocycles. The van der Waals surface area contributed by atoms with E-state index in [2.05, 4.69) is 74.6 Å². The molecule has 4 heteroatoms. The van der Waals surface area contributed by atoms with Crippen molar-refractivity contribution in [3.8, 4) is 0 Å². The molecule has 284 valence electrons. The third-order valence-corrected chi connectivity index (χ3v) is 8.83. The van der Waals surface area contributed by atoms with Crippen LogP contribution in [0.25, 0.3) is 0 Å². The standard InChI is InChI=1S/C45H80O4/c1-3-5-7-9-11-13-15-17-19-21-23-24-26-28-30-32-34-36-38-40-45(47)49-44(42-46)43-48-41-39-37-35-33-31-29-27-25-22-20-18-16-14-12-10-8-6-4-2/h5,7,11,13,17-20,23-24,44,46H,3-4,6,8-10,12,14-16,21-22,25-43H2,1-2H3/b7-5-,13-11-,19-17-,20-18-,24-23-. The lowest BCUT2D eigenvalue weighted by atomic mass is 10.1. The molecule has 1 N–H and O–H groups in total. The summed E-state index contributed by atoms with van der Waals surface area (Å²) >= 11 is 0. The van der Waals surface area contributed by atoms with E-state index in [0.29, 0.717) is 13.0 Å². The number of aliphatic hydroxyl groups is 1. The van der Waals surface area contributed by atoms with E-state index >= 15 is 0 Å². The first-order chi connectivity index (χ1) is 24.2. The first kappa shape index (κ1) is 47.1. The van der Waals surface area contributed by atoms with Crippen LogP contribution in [0.3, 0.4) is 0 Å². The molecule has 1 unspecified atom stereocenters. The van der Waals surface area contributed by atoms with Crippen molar-refractivity contribution in [2.75, 3.05) is 19.8 Å². The highest BCUT2D eigenvalue weighted by atomic mass is 16.6. The summed E-state index contributed by atoms with van der Waals surface area (Å²) < 4.78 is 11.1. The Balaban J connectivity index is 3.48. The third-order valence-electron chi connectivity index (χ3n) is 8.83. The molecular weight excluding hydrogens is 604 g/mol. The number of hydrogen-bond donors (Lipinski definition) is 1. The van der Waals surface area contributed by atoms with Crippen molar-refractivity contribution >= 4 is 5.97 Å². The molecule has 0 saturated heterocycles. The van der Waals surface area contributed by atoms with Crippen molar-refractivity contribution in [1.82, 2.24) is 0 Å². The summed E-state index contributed by atoms with van der Waals surface area (Å²) in [7, 11) is 0. The van der Waals surface area contributed by atoms with Gasteiger partial charge in [0, 0.05) is 13.0 Å². The van der Waals surface area contributed by atoms with Crippen LogP contribution in [0.2, 0.25) is 0 Å². The molecule has 4 nitrogen and oxygen atoms in total. The minimum Gasteiger partial charge on any atom is -0.457 e. The van der Waals surface area contributed by atoms with Crippen LogP contribution in [-0.4, -0.2) is 37.0 Å². The average Bonchev–Trinajstić information content (AvgIpc) is 3.11. The zero-order chi connectivity index (χ0) is 35.6. The van der Waals surface area contributed by atoms with Crippen molar-refractivity contribution in [2.45, 2.75) is 200 Å². The maximum absolute atomic E-state index is 12.2. The lowest BCUT2D eigenvalue weighted by Gasteiger charge is -2.15. The van der Waals surface area contributed by atoms with Crippen molar-refractivity contribution in [3.63, 3.8) is 0 Å². The highest BCUT2D eigenvalue weighted by Crippen LogP contribution is 2.13. The molecular formula is C45H80O4. The summed E-state index contributed by atoms with van der Waals surface area (Å²) in [4.78, 5) is 12.2. The van der Waals surface area contributed by atoms with Gasteiger partial charge in [0.05, 0.1) is 13.2 Å². The van der Waals surface area contributed by atoms with Crippen LogP contribution in [0.5, 0.6) is 0 Å². The number of carbonyl (C=O) groups is 1. The van der Waals surface area contributed by atoms with Crippen LogP contribution in [0.1, 0.15) is 194 Å². The second-order valence-corrected chi connectivity index (χ2v) is 13.7. The van der Waals surface area contributed by atoms with Gasteiger partial charge in [0.25, 0.3) is 0 Å². The number of rotatable bonds is 38. The van der Waals surface area contributed by atoms with Crippen LogP contribution >= 0.6 is 0 Å². The van der Waals surface area contributed by atoms with Gasteiger partial charge in [-0.2, -0.15) is 0 Å². The number of ether oxygens (including phenoxy) is 2. The molecule has 0 aromatic rings. The zero-order valence-corrected chi connectivity index (χ0v) is 32.4. The fourth-order valence-electron chi connectivity index (χ4n) is 5.72. The van der Waals surface area contributed by atoms with Gasteiger partial charge in [-0.1, -0.05) is 171 Å². The van der Waals surface area contributed by atoms with Gasteiger partial charge < -0.3 is 14.6 Å². The number of esters is 1. The van der Waals surface area contributed by atoms with Crippen LogP contribution in [0.4, 0.5) is 0 Å². The van der Waals surface area contributed by atoms with E-state index in [1.54, 1.807) is 0 Å². The molecule has 0 fully saturated rings. The number of allylic oxidation sites excluding steroid dienone is 10. The molecule has 0 rings (SSSR count). The molecule has 0 bridgehead atoms. The second kappa shape index (κ2) is 42.3. The fourth-order valence-corrected chi connectivity index (χ4v) is 5.72. The Morgan fingerprint density at radius 3 is 1.41 bits per heavy atom. The SMILES string of the molecule is CC/C=C\C/C=C\C/C=C\C/C=C\CCCCCCCCC(=O)OC(CO)COCCCCCCCCCC/C=C\CCCCCCCC. The maximum atomic E-state index is 12.2. The highest BCUT2D eigenvalue weighted by molar-refractivity contribution is 5.69.